The van der Waals surface area contributed by atoms with Gasteiger partial charge in [-0.3, -0.25) is 9.97 Å². The van der Waals surface area contributed by atoms with Crippen molar-refractivity contribution in [2.24, 2.45) is 0 Å². The van der Waals surface area contributed by atoms with Gasteiger partial charge in [0.05, 0.1) is 6.20 Å². The van der Waals surface area contributed by atoms with E-state index in [1.807, 2.05) is 13.1 Å². The van der Waals surface area contributed by atoms with Crippen LogP contribution in [0.3, 0.4) is 0 Å². The number of rotatable bonds is 8. The number of nitrogens with zero attached hydrogens (tertiary/aromatic N) is 2. The minimum Gasteiger partial charge on any atom is -0.366 e. The molecule has 0 saturated carbocycles. The number of hydrogen-bond acceptors (Lipinski definition) is 3. The summed E-state index contributed by atoms with van der Waals surface area (Å²) in [6, 6.07) is 5.32. The van der Waals surface area contributed by atoms with Crippen molar-refractivity contribution in [3.05, 3.63) is 89.0 Å². The van der Waals surface area contributed by atoms with Crippen molar-refractivity contribution in [1.29, 1.82) is 0 Å². The van der Waals surface area contributed by atoms with Crippen molar-refractivity contribution in [3.8, 4) is 0 Å². The number of halogens is 1. The van der Waals surface area contributed by atoms with E-state index in [2.05, 4.69) is 53.9 Å². The van der Waals surface area contributed by atoms with Gasteiger partial charge in [0.1, 0.15) is 5.82 Å². The van der Waals surface area contributed by atoms with E-state index in [0.29, 0.717) is 0 Å². The van der Waals surface area contributed by atoms with Gasteiger partial charge in [0.25, 0.3) is 0 Å². The first kappa shape index (κ1) is 19.6. The predicted molar refractivity (Wildman–Crippen MR) is 106 cm³/mol. The molecule has 0 unspecified atom stereocenters. The van der Waals surface area contributed by atoms with E-state index < -0.39 is 0 Å². The molecule has 0 aromatic carbocycles. The lowest BCUT2D eigenvalue weighted by Crippen LogP contribution is -2.01. The van der Waals surface area contributed by atoms with Crippen molar-refractivity contribution >= 4 is 6.08 Å². The smallest absolute Gasteiger partial charge is 0.141 e. The van der Waals surface area contributed by atoms with Gasteiger partial charge in [0.2, 0.25) is 0 Å². The summed E-state index contributed by atoms with van der Waals surface area (Å²) in [7, 11) is 0. The molecule has 0 aliphatic heterocycles. The van der Waals surface area contributed by atoms with Crippen LogP contribution in [0.1, 0.15) is 42.8 Å². The first-order chi connectivity index (χ1) is 12.5. The van der Waals surface area contributed by atoms with Gasteiger partial charge in [-0.05, 0) is 80.3 Å². The molecule has 2 aromatic rings. The second-order valence-corrected chi connectivity index (χ2v) is 6.25. The molecule has 0 spiro atoms. The molecule has 2 rings (SSSR count). The van der Waals surface area contributed by atoms with Gasteiger partial charge in [-0.2, -0.15) is 0 Å². The largest absolute Gasteiger partial charge is 0.366 e. The summed E-state index contributed by atoms with van der Waals surface area (Å²) >= 11 is 0. The molecule has 0 atom stereocenters. The quantitative estimate of drug-likeness (QED) is 0.669. The van der Waals surface area contributed by atoms with Gasteiger partial charge in [-0.15, -0.1) is 0 Å². The van der Waals surface area contributed by atoms with E-state index >= 15 is 0 Å². The molecule has 2 heterocycles. The Labute approximate surface area is 155 Å². The fourth-order valence-electron chi connectivity index (χ4n) is 2.63. The maximum Gasteiger partial charge on any atom is 0.141 e. The van der Waals surface area contributed by atoms with Crippen LogP contribution in [0.4, 0.5) is 4.39 Å². The standard InChI is InChI=1S/C22H26FN3/c1-5-21-13-19(16(3)14-25-21)12-18(11-17(4)24-6-2)7-9-22-10-8-20(23)15-26-22/h6,8,10-15,24H,2,5,7,9H2,1,3-4H3/b17-11-,18-12-. The zero-order chi connectivity index (χ0) is 18.9. The van der Waals surface area contributed by atoms with Crippen LogP contribution < -0.4 is 5.32 Å². The third kappa shape index (κ3) is 5.96. The second-order valence-electron chi connectivity index (χ2n) is 6.25. The van der Waals surface area contributed by atoms with Crippen LogP contribution >= 0.6 is 0 Å². The topological polar surface area (TPSA) is 37.8 Å². The SMILES string of the molecule is C=CN/C(C)=C\C(=C/c1cc(CC)ncc1C)CCc1ccc(F)cn1. The fraction of sp³-hybridized carbons (Fsp3) is 0.273. The first-order valence-electron chi connectivity index (χ1n) is 8.84. The Kier molecular flexibility index (Phi) is 7.27. The Morgan fingerprint density at radius 1 is 1.23 bits per heavy atom. The van der Waals surface area contributed by atoms with E-state index in [9.17, 15) is 4.39 Å². The molecule has 0 amide bonds. The van der Waals surface area contributed by atoms with Crippen molar-refractivity contribution in [1.82, 2.24) is 15.3 Å². The summed E-state index contributed by atoms with van der Waals surface area (Å²) in [5.41, 5.74) is 6.44. The lowest BCUT2D eigenvalue weighted by Gasteiger charge is -2.09. The molecule has 4 heteroatoms. The minimum atomic E-state index is -0.310. The van der Waals surface area contributed by atoms with Crippen LogP contribution in [-0.2, 0) is 12.8 Å². The normalized spacial score (nSPS) is 12.2. The molecule has 26 heavy (non-hydrogen) atoms. The molecule has 0 aliphatic carbocycles. The molecular weight excluding hydrogens is 325 g/mol. The van der Waals surface area contributed by atoms with E-state index in [1.165, 1.54) is 23.4 Å². The highest BCUT2D eigenvalue weighted by Crippen LogP contribution is 2.18. The van der Waals surface area contributed by atoms with Gasteiger partial charge < -0.3 is 5.32 Å². The van der Waals surface area contributed by atoms with Gasteiger partial charge in [0.15, 0.2) is 0 Å². The van der Waals surface area contributed by atoms with Crippen molar-refractivity contribution in [2.75, 3.05) is 0 Å². The summed E-state index contributed by atoms with van der Waals surface area (Å²) in [6.07, 6.45) is 11.6. The van der Waals surface area contributed by atoms with Crippen LogP contribution in [0.5, 0.6) is 0 Å². The fourth-order valence-corrected chi connectivity index (χ4v) is 2.63. The lowest BCUT2D eigenvalue weighted by molar-refractivity contribution is 0.619. The maximum absolute atomic E-state index is 13.0. The van der Waals surface area contributed by atoms with Crippen molar-refractivity contribution < 1.29 is 4.39 Å². The molecule has 0 bridgehead atoms. The van der Waals surface area contributed by atoms with Crippen molar-refractivity contribution in [2.45, 2.75) is 40.0 Å². The van der Waals surface area contributed by atoms with Crippen LogP contribution in [0, 0.1) is 12.7 Å². The second kappa shape index (κ2) is 9.66. The monoisotopic (exact) mass is 351 g/mol. The molecule has 2 aromatic heterocycles. The molecule has 0 saturated heterocycles. The third-order valence-electron chi connectivity index (χ3n) is 4.09. The molecule has 0 fully saturated rings. The Bertz CT molecular complexity index is 805. The zero-order valence-electron chi connectivity index (χ0n) is 15.7. The number of nitrogens with one attached hydrogen (secondary N) is 1. The highest BCUT2D eigenvalue weighted by atomic mass is 19.1. The Balaban J connectivity index is 2.29. The molecule has 3 nitrogen and oxygen atoms in total. The zero-order valence-corrected chi connectivity index (χ0v) is 15.7. The average Bonchev–Trinajstić information content (AvgIpc) is 2.63. The molecule has 1 N–H and O–H groups in total. The van der Waals surface area contributed by atoms with Crippen LogP contribution in [0.15, 0.2) is 60.7 Å². The number of aromatic nitrogens is 2. The van der Waals surface area contributed by atoms with Crippen LogP contribution in [-0.4, -0.2) is 9.97 Å². The third-order valence-corrected chi connectivity index (χ3v) is 4.09. The lowest BCUT2D eigenvalue weighted by atomic mass is 10.0. The van der Waals surface area contributed by atoms with Gasteiger partial charge >= 0.3 is 0 Å². The predicted octanol–water partition coefficient (Wildman–Crippen LogP) is 5.14. The molecule has 0 radical (unpaired) electrons. The summed E-state index contributed by atoms with van der Waals surface area (Å²) < 4.78 is 13.0. The van der Waals surface area contributed by atoms with Gasteiger partial charge in [-0.25, -0.2) is 4.39 Å². The van der Waals surface area contributed by atoms with Gasteiger partial charge in [-0.1, -0.05) is 19.6 Å². The van der Waals surface area contributed by atoms with Crippen LogP contribution in [0.2, 0.25) is 0 Å². The summed E-state index contributed by atoms with van der Waals surface area (Å²) in [4.78, 5) is 8.59. The van der Waals surface area contributed by atoms with E-state index in [-0.39, 0.29) is 5.82 Å². The molecular formula is C22H26FN3. The Morgan fingerprint density at radius 2 is 2.00 bits per heavy atom. The molecule has 136 valence electrons. The van der Waals surface area contributed by atoms with Crippen molar-refractivity contribution in [3.63, 3.8) is 0 Å². The van der Waals surface area contributed by atoms with Crippen LogP contribution in [0.25, 0.3) is 6.08 Å². The van der Waals surface area contributed by atoms with E-state index in [0.717, 1.165) is 41.9 Å². The Hall–Kier alpha value is -2.75. The Morgan fingerprint density at radius 3 is 2.65 bits per heavy atom. The van der Waals surface area contributed by atoms with E-state index in [4.69, 9.17) is 0 Å². The first-order valence-corrected chi connectivity index (χ1v) is 8.84. The van der Waals surface area contributed by atoms with E-state index in [1.54, 1.807) is 12.3 Å². The van der Waals surface area contributed by atoms with Gasteiger partial charge in [0, 0.05) is 23.3 Å². The number of pyridine rings is 2. The summed E-state index contributed by atoms with van der Waals surface area (Å²) in [5, 5.41) is 3.11. The highest BCUT2D eigenvalue weighted by molar-refractivity contribution is 5.59. The summed E-state index contributed by atoms with van der Waals surface area (Å²) in [5.74, 6) is -0.310. The number of aryl methyl sites for hydroxylation is 3. The highest BCUT2D eigenvalue weighted by Gasteiger charge is 2.04. The number of allylic oxidation sites excluding steroid dienone is 3. The molecule has 0 aliphatic rings. The average molecular weight is 351 g/mol. The minimum absolute atomic E-state index is 0.310. The summed E-state index contributed by atoms with van der Waals surface area (Å²) in [6.45, 7) is 9.87. The number of hydrogen-bond donors (Lipinski definition) is 1. The maximum atomic E-state index is 13.0.